The third kappa shape index (κ3) is 3.80. The van der Waals surface area contributed by atoms with Gasteiger partial charge in [-0.3, -0.25) is 9.36 Å². The quantitative estimate of drug-likeness (QED) is 0.414. The molecule has 0 amide bonds. The Balaban J connectivity index is 2.00. The van der Waals surface area contributed by atoms with E-state index in [4.69, 9.17) is 11.5 Å². The van der Waals surface area contributed by atoms with E-state index >= 15 is 0 Å². The number of rotatable bonds is 4. The van der Waals surface area contributed by atoms with Gasteiger partial charge in [0.1, 0.15) is 41.0 Å². The lowest BCUT2D eigenvalue weighted by atomic mass is 10.1. The minimum absolute atomic E-state index is 0.00940. The van der Waals surface area contributed by atoms with Crippen LogP contribution in [0.25, 0.3) is 16.6 Å². The molecule has 10 nitrogen and oxygen atoms in total. The van der Waals surface area contributed by atoms with Crippen LogP contribution in [-0.4, -0.2) is 19.5 Å². The first-order chi connectivity index (χ1) is 16.2. The van der Waals surface area contributed by atoms with E-state index in [0.717, 1.165) is 16.7 Å². The Morgan fingerprint density at radius 1 is 1.06 bits per heavy atom. The lowest BCUT2D eigenvalue weighted by Crippen LogP contribution is -2.28. The Bertz CT molecular complexity index is 1580. The van der Waals surface area contributed by atoms with E-state index in [-0.39, 0.29) is 51.1 Å². The molecular formula is C22H15F2N9O. The molecule has 2 aromatic carbocycles. The van der Waals surface area contributed by atoms with Crippen molar-refractivity contribution in [2.75, 3.05) is 16.8 Å². The van der Waals surface area contributed by atoms with E-state index in [1.807, 2.05) is 12.1 Å². The number of nitriles is 2. The van der Waals surface area contributed by atoms with Gasteiger partial charge in [0.2, 0.25) is 5.95 Å². The van der Waals surface area contributed by atoms with Crippen LogP contribution in [0.15, 0.2) is 41.2 Å². The summed E-state index contributed by atoms with van der Waals surface area (Å²) in [6.45, 7) is 1.57. The molecule has 168 valence electrons. The fourth-order valence-electron chi connectivity index (χ4n) is 3.50. The number of nitrogens with one attached hydrogen (secondary N) is 1. The van der Waals surface area contributed by atoms with Crippen LogP contribution in [0, 0.1) is 34.3 Å². The van der Waals surface area contributed by atoms with Gasteiger partial charge in [0, 0.05) is 6.07 Å². The van der Waals surface area contributed by atoms with Gasteiger partial charge in [-0.1, -0.05) is 6.07 Å². The number of nitrogens with two attached hydrogens (primary N) is 2. The summed E-state index contributed by atoms with van der Waals surface area (Å²) < 4.78 is 29.1. The highest BCUT2D eigenvalue weighted by atomic mass is 19.1. The monoisotopic (exact) mass is 459 g/mol. The molecule has 0 saturated heterocycles. The standard InChI is InChI=1S/C22H15F2N9O/c1-10(29-19-16(9-26)18(27)31-22(28)32-19)20-30-17-11(8-25)3-2-4-15(17)21(34)33(20)14-6-12(23)5-13(24)7-14/h2-7,10H,1H3,(H5,27,28,29,31,32)/t10-/m0/s1. The average Bonchev–Trinajstić information content (AvgIpc) is 2.77. The third-order valence-electron chi connectivity index (χ3n) is 4.96. The van der Waals surface area contributed by atoms with Crippen molar-refractivity contribution in [1.82, 2.24) is 19.5 Å². The number of nitrogens with zero attached hydrogens (tertiary/aromatic N) is 6. The zero-order valence-electron chi connectivity index (χ0n) is 17.5. The number of anilines is 3. The summed E-state index contributed by atoms with van der Waals surface area (Å²) >= 11 is 0. The maximum absolute atomic E-state index is 14.0. The minimum Gasteiger partial charge on any atom is -0.382 e. The number of halogens is 2. The molecule has 4 rings (SSSR count). The Morgan fingerprint density at radius 3 is 2.41 bits per heavy atom. The summed E-state index contributed by atoms with van der Waals surface area (Å²) in [5.41, 5.74) is 10.8. The zero-order valence-corrected chi connectivity index (χ0v) is 17.5. The van der Waals surface area contributed by atoms with Crippen molar-refractivity contribution < 1.29 is 8.78 Å². The van der Waals surface area contributed by atoms with Gasteiger partial charge < -0.3 is 16.8 Å². The number of hydrogen-bond donors (Lipinski definition) is 3. The number of para-hydroxylation sites is 1. The number of nitrogen functional groups attached to an aromatic ring is 2. The van der Waals surface area contributed by atoms with Gasteiger partial charge in [-0.25, -0.2) is 13.8 Å². The number of hydrogen-bond acceptors (Lipinski definition) is 9. The Labute approximate surface area is 190 Å². The van der Waals surface area contributed by atoms with Crippen LogP contribution in [0.4, 0.5) is 26.4 Å². The molecule has 12 heteroatoms. The Hall–Kier alpha value is -5.10. The second kappa shape index (κ2) is 8.44. The SMILES string of the molecule is C[C@H](Nc1nc(N)nc(N)c1C#N)c1nc2c(C#N)cccc2c(=O)n1-c1cc(F)cc(F)c1. The van der Waals surface area contributed by atoms with Gasteiger partial charge in [-0.2, -0.15) is 20.5 Å². The summed E-state index contributed by atoms with van der Waals surface area (Å²) in [5.74, 6) is -2.20. The van der Waals surface area contributed by atoms with Crippen LogP contribution in [-0.2, 0) is 0 Å². The fraction of sp³-hybridized carbons (Fsp3) is 0.0909. The number of fused-ring (bicyclic) bond motifs is 1. The zero-order chi connectivity index (χ0) is 24.6. The molecule has 1 atom stereocenters. The predicted molar refractivity (Wildman–Crippen MR) is 120 cm³/mol. The maximum atomic E-state index is 14.0. The molecule has 0 saturated carbocycles. The molecule has 0 bridgehead atoms. The first kappa shape index (κ1) is 22.1. The Morgan fingerprint density at radius 2 is 1.76 bits per heavy atom. The highest BCUT2D eigenvalue weighted by Gasteiger charge is 2.22. The van der Waals surface area contributed by atoms with E-state index in [9.17, 15) is 24.1 Å². The lowest BCUT2D eigenvalue weighted by Gasteiger charge is -2.21. The maximum Gasteiger partial charge on any atom is 0.266 e. The van der Waals surface area contributed by atoms with Crippen LogP contribution in [0.1, 0.15) is 29.9 Å². The van der Waals surface area contributed by atoms with Crippen molar-refractivity contribution >= 4 is 28.5 Å². The summed E-state index contributed by atoms with van der Waals surface area (Å²) in [6, 6.07) is 10.0. The first-order valence-electron chi connectivity index (χ1n) is 9.75. The van der Waals surface area contributed by atoms with E-state index in [2.05, 4.69) is 20.3 Å². The molecule has 0 radical (unpaired) electrons. The van der Waals surface area contributed by atoms with Gasteiger partial charge in [0.15, 0.2) is 5.82 Å². The van der Waals surface area contributed by atoms with E-state index in [0.29, 0.717) is 6.07 Å². The van der Waals surface area contributed by atoms with Gasteiger partial charge in [-0.15, -0.1) is 0 Å². The largest absolute Gasteiger partial charge is 0.382 e. The van der Waals surface area contributed by atoms with Crippen LogP contribution in [0.2, 0.25) is 0 Å². The second-order valence-corrected chi connectivity index (χ2v) is 7.22. The Kier molecular flexibility index (Phi) is 5.49. The van der Waals surface area contributed by atoms with Crippen molar-refractivity contribution in [3.8, 4) is 17.8 Å². The molecular weight excluding hydrogens is 444 g/mol. The summed E-state index contributed by atoms with van der Waals surface area (Å²) in [5, 5.41) is 21.9. The lowest BCUT2D eigenvalue weighted by molar-refractivity contribution is 0.579. The molecule has 34 heavy (non-hydrogen) atoms. The molecule has 0 aliphatic heterocycles. The molecule has 4 aromatic rings. The van der Waals surface area contributed by atoms with E-state index in [1.165, 1.54) is 18.2 Å². The third-order valence-corrected chi connectivity index (χ3v) is 4.96. The van der Waals surface area contributed by atoms with Crippen LogP contribution >= 0.6 is 0 Å². The van der Waals surface area contributed by atoms with E-state index in [1.54, 1.807) is 6.92 Å². The van der Waals surface area contributed by atoms with Crippen molar-refractivity contribution in [3.05, 3.63) is 75.3 Å². The smallest absolute Gasteiger partial charge is 0.266 e. The molecule has 0 aliphatic rings. The molecule has 0 spiro atoms. The average molecular weight is 459 g/mol. The van der Waals surface area contributed by atoms with Crippen molar-refractivity contribution in [2.24, 2.45) is 0 Å². The molecule has 0 unspecified atom stereocenters. The van der Waals surface area contributed by atoms with Crippen LogP contribution in [0.5, 0.6) is 0 Å². The highest BCUT2D eigenvalue weighted by Crippen LogP contribution is 2.26. The first-order valence-corrected chi connectivity index (χ1v) is 9.75. The van der Waals surface area contributed by atoms with Gasteiger partial charge in [0.25, 0.3) is 5.56 Å². The number of benzene rings is 2. The van der Waals surface area contributed by atoms with Crippen LogP contribution in [0.3, 0.4) is 0 Å². The molecule has 2 aromatic heterocycles. The normalized spacial score (nSPS) is 11.6. The van der Waals surface area contributed by atoms with Gasteiger partial charge in [0.05, 0.1) is 28.2 Å². The summed E-state index contributed by atoms with van der Waals surface area (Å²) in [7, 11) is 0. The molecule has 5 N–H and O–H groups in total. The predicted octanol–water partition coefficient (Wildman–Crippen LogP) is 2.53. The molecule has 0 aliphatic carbocycles. The van der Waals surface area contributed by atoms with Crippen molar-refractivity contribution in [3.63, 3.8) is 0 Å². The van der Waals surface area contributed by atoms with Crippen LogP contribution < -0.4 is 22.3 Å². The second-order valence-electron chi connectivity index (χ2n) is 7.22. The summed E-state index contributed by atoms with van der Waals surface area (Å²) in [6.07, 6.45) is 0. The fourth-order valence-corrected chi connectivity index (χ4v) is 3.50. The van der Waals surface area contributed by atoms with E-state index < -0.39 is 23.2 Å². The summed E-state index contributed by atoms with van der Waals surface area (Å²) in [4.78, 5) is 25.7. The van der Waals surface area contributed by atoms with Gasteiger partial charge in [-0.05, 0) is 31.2 Å². The van der Waals surface area contributed by atoms with Gasteiger partial charge >= 0.3 is 0 Å². The molecule has 2 heterocycles. The topological polar surface area (TPSA) is 172 Å². The van der Waals surface area contributed by atoms with Crippen molar-refractivity contribution in [2.45, 2.75) is 13.0 Å². The minimum atomic E-state index is -0.901. The molecule has 0 fully saturated rings. The number of aromatic nitrogens is 4. The van der Waals surface area contributed by atoms with Crippen molar-refractivity contribution in [1.29, 1.82) is 10.5 Å². The highest BCUT2D eigenvalue weighted by molar-refractivity contribution is 5.83.